The molecule has 0 heterocycles. The third-order valence-electron chi connectivity index (χ3n) is 3.92. The Kier molecular flexibility index (Phi) is 6.42. The third-order valence-corrected chi connectivity index (χ3v) is 3.92. The van der Waals surface area contributed by atoms with Crippen LogP contribution in [0.1, 0.15) is 46.6 Å². The summed E-state index contributed by atoms with van der Waals surface area (Å²) in [5, 5.41) is 3.43. The van der Waals surface area contributed by atoms with Crippen LogP contribution in [-0.2, 0) is 0 Å². The van der Waals surface area contributed by atoms with E-state index in [1.807, 2.05) is 0 Å². The van der Waals surface area contributed by atoms with Gasteiger partial charge in [0.2, 0.25) is 0 Å². The molecule has 0 unspecified atom stereocenters. The van der Waals surface area contributed by atoms with E-state index in [4.69, 9.17) is 0 Å². The lowest BCUT2D eigenvalue weighted by Crippen LogP contribution is -2.06. The molecule has 1 N–H and O–H groups in total. The number of hydrogen-bond donors (Lipinski definition) is 1. The average molecular weight is 295 g/mol. The van der Waals surface area contributed by atoms with Crippen molar-refractivity contribution in [2.24, 2.45) is 0 Å². The zero-order valence-electron chi connectivity index (χ0n) is 14.9. The standard InChI is InChI=1S/C21H29N/c1-9-20(21(15(4)5)17(7)14(2)3)18(8)22-19-12-10-16(6)11-13-19/h10-13,22H,4,8-9H2,1-3,5-7H3/b21-20-. The number of rotatable bonds is 6. The van der Waals surface area contributed by atoms with Gasteiger partial charge in [-0.05, 0) is 69.9 Å². The Bertz CT molecular complexity index is 620. The number of anilines is 1. The van der Waals surface area contributed by atoms with Gasteiger partial charge in [-0.2, -0.15) is 0 Å². The van der Waals surface area contributed by atoms with Crippen molar-refractivity contribution in [3.05, 3.63) is 76.5 Å². The Morgan fingerprint density at radius 2 is 1.55 bits per heavy atom. The van der Waals surface area contributed by atoms with Crippen LogP contribution in [0.2, 0.25) is 0 Å². The van der Waals surface area contributed by atoms with E-state index in [2.05, 4.69) is 84.3 Å². The van der Waals surface area contributed by atoms with Crippen LogP contribution in [0.3, 0.4) is 0 Å². The number of aryl methyl sites for hydroxylation is 1. The van der Waals surface area contributed by atoms with Gasteiger partial charge in [0.1, 0.15) is 0 Å². The maximum atomic E-state index is 4.26. The Morgan fingerprint density at radius 3 is 1.95 bits per heavy atom. The Balaban J connectivity index is 3.23. The fourth-order valence-electron chi connectivity index (χ4n) is 2.48. The number of benzene rings is 1. The van der Waals surface area contributed by atoms with Crippen LogP contribution in [-0.4, -0.2) is 0 Å². The molecule has 0 atom stereocenters. The Hall–Kier alpha value is -2.02. The lowest BCUT2D eigenvalue weighted by molar-refractivity contribution is 1.06. The number of nitrogens with one attached hydrogen (secondary N) is 1. The molecule has 0 aliphatic carbocycles. The van der Waals surface area contributed by atoms with E-state index in [9.17, 15) is 0 Å². The molecule has 0 saturated heterocycles. The van der Waals surface area contributed by atoms with E-state index in [-0.39, 0.29) is 0 Å². The van der Waals surface area contributed by atoms with Gasteiger partial charge in [0.15, 0.2) is 0 Å². The molecule has 0 aliphatic rings. The number of hydrogen-bond acceptors (Lipinski definition) is 1. The second-order valence-corrected chi connectivity index (χ2v) is 6.08. The summed E-state index contributed by atoms with van der Waals surface area (Å²) in [7, 11) is 0. The predicted molar refractivity (Wildman–Crippen MR) is 100 cm³/mol. The molecular formula is C21H29N. The second kappa shape index (κ2) is 7.84. The van der Waals surface area contributed by atoms with Gasteiger partial charge >= 0.3 is 0 Å². The maximum absolute atomic E-state index is 4.26. The summed E-state index contributed by atoms with van der Waals surface area (Å²) in [5.41, 5.74) is 9.41. The first-order valence-corrected chi connectivity index (χ1v) is 7.84. The molecule has 1 rings (SSSR count). The van der Waals surface area contributed by atoms with E-state index < -0.39 is 0 Å². The van der Waals surface area contributed by atoms with Gasteiger partial charge in [0, 0.05) is 11.4 Å². The van der Waals surface area contributed by atoms with Crippen LogP contribution in [0.4, 0.5) is 5.69 Å². The molecular weight excluding hydrogens is 266 g/mol. The summed E-state index contributed by atoms with van der Waals surface area (Å²) in [4.78, 5) is 0. The van der Waals surface area contributed by atoms with Gasteiger partial charge in [0.05, 0.1) is 0 Å². The van der Waals surface area contributed by atoms with E-state index in [0.29, 0.717) is 0 Å². The Labute approximate surface area is 136 Å². The van der Waals surface area contributed by atoms with Crippen LogP contribution < -0.4 is 5.32 Å². The molecule has 22 heavy (non-hydrogen) atoms. The van der Waals surface area contributed by atoms with Crippen LogP contribution >= 0.6 is 0 Å². The first-order chi connectivity index (χ1) is 10.3. The van der Waals surface area contributed by atoms with Crippen molar-refractivity contribution in [2.75, 3.05) is 5.32 Å². The van der Waals surface area contributed by atoms with Crippen molar-refractivity contribution >= 4 is 5.69 Å². The van der Waals surface area contributed by atoms with Gasteiger partial charge in [-0.3, -0.25) is 0 Å². The lowest BCUT2D eigenvalue weighted by atomic mass is 9.90. The Morgan fingerprint density at radius 1 is 1.00 bits per heavy atom. The summed E-state index contributed by atoms with van der Waals surface area (Å²) < 4.78 is 0. The lowest BCUT2D eigenvalue weighted by Gasteiger charge is -2.20. The summed E-state index contributed by atoms with van der Waals surface area (Å²) in [6, 6.07) is 8.38. The third kappa shape index (κ3) is 4.49. The zero-order valence-corrected chi connectivity index (χ0v) is 14.9. The molecule has 0 bridgehead atoms. The molecule has 1 nitrogen and oxygen atoms in total. The molecule has 1 aromatic carbocycles. The van der Waals surface area contributed by atoms with Crippen molar-refractivity contribution in [3.63, 3.8) is 0 Å². The molecule has 0 aromatic heterocycles. The van der Waals surface area contributed by atoms with E-state index >= 15 is 0 Å². The van der Waals surface area contributed by atoms with Crippen LogP contribution in [0, 0.1) is 6.92 Å². The van der Waals surface area contributed by atoms with Gasteiger partial charge in [-0.25, -0.2) is 0 Å². The molecule has 0 fully saturated rings. The SMILES string of the molecule is C=C(Nc1ccc(C)cc1)/C(CC)=C(/C(=C)C)C(C)=C(C)C. The average Bonchev–Trinajstić information content (AvgIpc) is 2.45. The summed E-state index contributed by atoms with van der Waals surface area (Å²) in [6.07, 6.45) is 0.921. The molecule has 0 radical (unpaired) electrons. The zero-order chi connectivity index (χ0) is 16.9. The van der Waals surface area contributed by atoms with Gasteiger partial charge in [0.25, 0.3) is 0 Å². The fourth-order valence-corrected chi connectivity index (χ4v) is 2.48. The normalized spacial score (nSPS) is 11.5. The van der Waals surface area contributed by atoms with E-state index in [1.54, 1.807) is 0 Å². The first kappa shape index (κ1) is 18.0. The fraction of sp³-hybridized carbons (Fsp3) is 0.333. The van der Waals surface area contributed by atoms with Crippen molar-refractivity contribution in [3.8, 4) is 0 Å². The maximum Gasteiger partial charge on any atom is 0.0384 e. The minimum atomic E-state index is 0.921. The van der Waals surface area contributed by atoms with Crippen molar-refractivity contribution in [1.29, 1.82) is 0 Å². The van der Waals surface area contributed by atoms with Crippen LogP contribution in [0.15, 0.2) is 71.0 Å². The quantitative estimate of drug-likeness (QED) is 0.586. The van der Waals surface area contributed by atoms with Gasteiger partial charge < -0.3 is 5.32 Å². The minimum absolute atomic E-state index is 0.921. The monoisotopic (exact) mass is 295 g/mol. The highest BCUT2D eigenvalue weighted by molar-refractivity contribution is 5.59. The molecule has 1 heteroatoms. The van der Waals surface area contributed by atoms with Crippen molar-refractivity contribution in [2.45, 2.75) is 48.0 Å². The minimum Gasteiger partial charge on any atom is -0.356 e. The predicted octanol–water partition coefficient (Wildman–Crippen LogP) is 6.56. The molecule has 1 aromatic rings. The molecule has 0 saturated carbocycles. The van der Waals surface area contributed by atoms with Crippen LogP contribution in [0.25, 0.3) is 0 Å². The molecule has 118 valence electrons. The highest BCUT2D eigenvalue weighted by Gasteiger charge is 2.12. The summed E-state index contributed by atoms with van der Waals surface area (Å²) in [5.74, 6) is 0. The molecule has 0 spiro atoms. The largest absolute Gasteiger partial charge is 0.356 e. The highest BCUT2D eigenvalue weighted by atomic mass is 14.9. The topological polar surface area (TPSA) is 12.0 Å². The van der Waals surface area contributed by atoms with Gasteiger partial charge in [-0.1, -0.05) is 48.9 Å². The highest BCUT2D eigenvalue weighted by Crippen LogP contribution is 2.30. The van der Waals surface area contributed by atoms with Crippen LogP contribution in [0.5, 0.6) is 0 Å². The van der Waals surface area contributed by atoms with Crippen molar-refractivity contribution in [1.82, 2.24) is 0 Å². The smallest absolute Gasteiger partial charge is 0.0384 e. The summed E-state index contributed by atoms with van der Waals surface area (Å²) in [6.45, 7) is 21.2. The van der Waals surface area contributed by atoms with E-state index in [1.165, 1.54) is 27.9 Å². The first-order valence-electron chi connectivity index (χ1n) is 7.84. The molecule has 0 aliphatic heterocycles. The van der Waals surface area contributed by atoms with Crippen molar-refractivity contribution < 1.29 is 0 Å². The van der Waals surface area contributed by atoms with E-state index in [0.717, 1.165) is 23.4 Å². The number of allylic oxidation sites excluding steroid dienone is 5. The molecule has 0 amide bonds. The summed E-state index contributed by atoms with van der Waals surface area (Å²) >= 11 is 0. The second-order valence-electron chi connectivity index (χ2n) is 6.08. The van der Waals surface area contributed by atoms with Gasteiger partial charge in [-0.15, -0.1) is 0 Å².